The third kappa shape index (κ3) is 6.08. The largest absolute Gasteiger partial charge is 0.397 e. The molecule has 0 unspecified atom stereocenters. The van der Waals surface area contributed by atoms with Crippen LogP contribution in [-0.2, 0) is 14.6 Å². The smallest absolute Gasteiger partial charge is 0.264 e. The molecule has 0 atom stereocenters. The van der Waals surface area contributed by atoms with Crippen LogP contribution in [0.3, 0.4) is 0 Å². The van der Waals surface area contributed by atoms with Crippen molar-refractivity contribution in [3.05, 3.63) is 0 Å². The first-order valence-electron chi connectivity index (χ1n) is 5.78. The van der Waals surface area contributed by atoms with E-state index in [9.17, 15) is 8.42 Å². The van der Waals surface area contributed by atoms with Crippen LogP contribution in [0.15, 0.2) is 0 Å². The maximum Gasteiger partial charge on any atom is 0.397 e. The van der Waals surface area contributed by atoms with Gasteiger partial charge >= 0.3 is 10.4 Å². The molecule has 1 N–H and O–H groups in total. The standard InChI is InChI=1S/C10H20O4S2/c1-2-3-8-15-10-6-4-9(5-7-10)14-16(11,12)13/h9-10H,2-8H2,1H3,(H,11,12,13). The van der Waals surface area contributed by atoms with Gasteiger partial charge in [0, 0.05) is 5.25 Å². The van der Waals surface area contributed by atoms with E-state index in [1.54, 1.807) is 0 Å². The topological polar surface area (TPSA) is 63.6 Å². The molecule has 0 bridgehead atoms. The molecule has 96 valence electrons. The second-order valence-corrected chi connectivity index (χ2v) is 6.60. The van der Waals surface area contributed by atoms with Gasteiger partial charge in [-0.15, -0.1) is 0 Å². The van der Waals surface area contributed by atoms with Crippen LogP contribution in [0.1, 0.15) is 45.4 Å². The minimum absolute atomic E-state index is 0.321. The van der Waals surface area contributed by atoms with E-state index in [2.05, 4.69) is 11.1 Å². The van der Waals surface area contributed by atoms with Gasteiger partial charge in [0.15, 0.2) is 0 Å². The maximum absolute atomic E-state index is 10.5. The van der Waals surface area contributed by atoms with Crippen molar-refractivity contribution in [1.82, 2.24) is 0 Å². The zero-order valence-corrected chi connectivity index (χ0v) is 11.2. The van der Waals surface area contributed by atoms with Crippen molar-refractivity contribution >= 4 is 22.2 Å². The van der Waals surface area contributed by atoms with Gasteiger partial charge in [0.25, 0.3) is 0 Å². The van der Waals surface area contributed by atoms with Crippen molar-refractivity contribution in [3.8, 4) is 0 Å². The molecule has 4 nitrogen and oxygen atoms in total. The summed E-state index contributed by atoms with van der Waals surface area (Å²) in [6.07, 6.45) is 5.55. The molecule has 1 aliphatic rings. The molecule has 0 aromatic rings. The van der Waals surface area contributed by atoms with Gasteiger partial charge in [-0.25, -0.2) is 4.18 Å². The first kappa shape index (κ1) is 14.3. The lowest BCUT2D eigenvalue weighted by Gasteiger charge is -2.26. The quantitative estimate of drug-likeness (QED) is 0.592. The molecular formula is C10H20O4S2. The first-order valence-corrected chi connectivity index (χ1v) is 8.20. The molecule has 0 aliphatic heterocycles. The Balaban J connectivity index is 2.18. The fourth-order valence-electron chi connectivity index (χ4n) is 1.86. The summed E-state index contributed by atoms with van der Waals surface area (Å²) >= 11 is 1.97. The third-order valence-corrected chi connectivity index (χ3v) is 4.71. The van der Waals surface area contributed by atoms with Crippen LogP contribution in [-0.4, -0.2) is 30.1 Å². The Labute approximate surface area is 102 Å². The van der Waals surface area contributed by atoms with Gasteiger partial charge in [0.1, 0.15) is 0 Å². The van der Waals surface area contributed by atoms with Gasteiger partial charge in [-0.2, -0.15) is 20.2 Å². The van der Waals surface area contributed by atoms with Crippen molar-refractivity contribution in [3.63, 3.8) is 0 Å². The van der Waals surface area contributed by atoms with Crippen molar-refractivity contribution in [2.75, 3.05) is 5.75 Å². The van der Waals surface area contributed by atoms with Crippen LogP contribution in [0.5, 0.6) is 0 Å². The molecule has 0 heterocycles. The highest BCUT2D eigenvalue weighted by molar-refractivity contribution is 7.99. The molecule has 0 saturated heterocycles. The number of hydrogen-bond acceptors (Lipinski definition) is 4. The molecule has 0 aromatic heterocycles. The minimum atomic E-state index is -4.27. The SMILES string of the molecule is CCCCSC1CCC(OS(=O)(=O)O)CC1. The van der Waals surface area contributed by atoms with Crippen LogP contribution in [0.25, 0.3) is 0 Å². The third-order valence-electron chi connectivity index (χ3n) is 2.73. The number of thioether (sulfide) groups is 1. The molecule has 6 heteroatoms. The second-order valence-electron chi connectivity index (χ2n) is 4.15. The lowest BCUT2D eigenvalue weighted by atomic mass is 9.97. The Morgan fingerprint density at radius 1 is 1.31 bits per heavy atom. The molecule has 0 radical (unpaired) electrons. The van der Waals surface area contributed by atoms with Crippen molar-refractivity contribution in [1.29, 1.82) is 0 Å². The van der Waals surface area contributed by atoms with E-state index in [4.69, 9.17) is 4.55 Å². The van der Waals surface area contributed by atoms with E-state index in [0.717, 1.165) is 25.7 Å². The predicted octanol–water partition coefficient (Wildman–Crippen LogP) is 2.65. The van der Waals surface area contributed by atoms with E-state index in [-0.39, 0.29) is 6.10 Å². The van der Waals surface area contributed by atoms with Gasteiger partial charge in [-0.1, -0.05) is 13.3 Å². The van der Waals surface area contributed by atoms with Gasteiger partial charge in [0.2, 0.25) is 0 Å². The Hall–Kier alpha value is 0.220. The summed E-state index contributed by atoms with van der Waals surface area (Å²) in [6, 6.07) is 0. The number of unbranched alkanes of at least 4 members (excludes halogenated alkanes) is 1. The van der Waals surface area contributed by atoms with E-state index in [1.165, 1.54) is 18.6 Å². The lowest BCUT2D eigenvalue weighted by molar-refractivity contribution is 0.144. The molecule has 1 fully saturated rings. The summed E-state index contributed by atoms with van der Waals surface area (Å²) in [6.45, 7) is 2.18. The Morgan fingerprint density at radius 2 is 1.94 bits per heavy atom. The highest BCUT2D eigenvalue weighted by atomic mass is 32.3. The normalized spacial score (nSPS) is 26.9. The molecule has 16 heavy (non-hydrogen) atoms. The highest BCUT2D eigenvalue weighted by Gasteiger charge is 2.25. The van der Waals surface area contributed by atoms with Gasteiger partial charge < -0.3 is 0 Å². The Bertz CT molecular complexity index is 281. The molecular weight excluding hydrogens is 248 g/mol. The molecule has 0 spiro atoms. The fraction of sp³-hybridized carbons (Fsp3) is 1.00. The first-order chi connectivity index (χ1) is 7.51. The monoisotopic (exact) mass is 268 g/mol. The summed E-state index contributed by atoms with van der Waals surface area (Å²) in [4.78, 5) is 0. The van der Waals surface area contributed by atoms with E-state index in [0.29, 0.717) is 5.25 Å². The fourth-order valence-corrected chi connectivity index (χ4v) is 3.79. The summed E-state index contributed by atoms with van der Waals surface area (Å²) in [5.41, 5.74) is 0. The van der Waals surface area contributed by atoms with Crippen LogP contribution in [0.2, 0.25) is 0 Å². The number of hydrogen-bond donors (Lipinski definition) is 1. The lowest BCUT2D eigenvalue weighted by Crippen LogP contribution is -2.25. The van der Waals surface area contributed by atoms with E-state index in [1.807, 2.05) is 11.8 Å². The zero-order chi connectivity index (χ0) is 12.0. The molecule has 0 aromatic carbocycles. The van der Waals surface area contributed by atoms with Gasteiger partial charge in [0.05, 0.1) is 6.10 Å². The number of rotatable bonds is 6. The summed E-state index contributed by atoms with van der Waals surface area (Å²) in [5.74, 6) is 1.19. The Kier molecular flexibility index (Phi) is 6.10. The van der Waals surface area contributed by atoms with Gasteiger partial charge in [-0.3, -0.25) is 4.55 Å². The van der Waals surface area contributed by atoms with Crippen LogP contribution < -0.4 is 0 Å². The summed E-state index contributed by atoms with van der Waals surface area (Å²) < 4.78 is 34.2. The molecule has 1 aliphatic carbocycles. The Morgan fingerprint density at radius 3 is 2.44 bits per heavy atom. The van der Waals surface area contributed by atoms with Crippen molar-refractivity contribution < 1.29 is 17.2 Å². The minimum Gasteiger partial charge on any atom is -0.264 e. The average Bonchev–Trinajstić information content (AvgIpc) is 2.19. The molecule has 1 saturated carbocycles. The van der Waals surface area contributed by atoms with E-state index >= 15 is 0 Å². The summed E-state index contributed by atoms with van der Waals surface area (Å²) in [5, 5.41) is 0.632. The van der Waals surface area contributed by atoms with Crippen molar-refractivity contribution in [2.24, 2.45) is 0 Å². The predicted molar refractivity (Wildman–Crippen MR) is 66.0 cm³/mol. The second kappa shape index (κ2) is 6.83. The van der Waals surface area contributed by atoms with Gasteiger partial charge in [-0.05, 0) is 37.9 Å². The maximum atomic E-state index is 10.5. The zero-order valence-electron chi connectivity index (χ0n) is 9.59. The van der Waals surface area contributed by atoms with Crippen molar-refractivity contribution in [2.45, 2.75) is 56.8 Å². The van der Waals surface area contributed by atoms with Crippen LogP contribution in [0, 0.1) is 0 Å². The average molecular weight is 268 g/mol. The highest BCUT2D eigenvalue weighted by Crippen LogP contribution is 2.30. The molecule has 1 rings (SSSR count). The summed E-state index contributed by atoms with van der Waals surface area (Å²) in [7, 11) is -4.27. The molecule has 0 amide bonds. The van der Waals surface area contributed by atoms with Crippen LogP contribution in [0.4, 0.5) is 0 Å². The van der Waals surface area contributed by atoms with E-state index < -0.39 is 10.4 Å². The van der Waals surface area contributed by atoms with Crippen LogP contribution >= 0.6 is 11.8 Å².